The first kappa shape index (κ1) is 10.3. The first-order valence-electron chi connectivity index (χ1n) is 4.00. The van der Waals surface area contributed by atoms with Gasteiger partial charge in [-0.05, 0) is 0 Å². The number of rotatable bonds is 5. The molecule has 0 unspecified atom stereocenters. The third kappa shape index (κ3) is 3.15. The maximum absolute atomic E-state index is 2.15. The lowest BCUT2D eigenvalue weighted by Crippen LogP contribution is -2.21. The molecule has 0 amide bonds. The number of hydrogen-bond donors (Lipinski definition) is 0. The molecule has 2 fully saturated rings. The molecule has 0 spiro atoms. The number of thioether (sulfide) groups is 3. The fourth-order valence-corrected chi connectivity index (χ4v) is 8.04. The van der Waals surface area contributed by atoms with Crippen LogP contribution < -0.4 is 0 Å². The van der Waals surface area contributed by atoms with E-state index in [0.29, 0.717) is 0 Å². The summed E-state index contributed by atoms with van der Waals surface area (Å²) in [4.78, 5) is 0. The summed E-state index contributed by atoms with van der Waals surface area (Å²) in [6.07, 6.45) is 0. The smallest absolute Gasteiger partial charge is 0.0499 e. The Labute approximate surface area is 94.9 Å². The largest absolute Gasteiger partial charge is 0.160 e. The highest BCUT2D eigenvalue weighted by atomic mass is 33.1. The quantitative estimate of drug-likeness (QED) is 0.419. The van der Waals surface area contributed by atoms with Gasteiger partial charge >= 0.3 is 0 Å². The lowest BCUT2D eigenvalue weighted by molar-refractivity contribution is 1.09. The van der Waals surface area contributed by atoms with Crippen molar-refractivity contribution in [2.75, 3.05) is 28.1 Å². The van der Waals surface area contributed by atoms with E-state index in [2.05, 4.69) is 56.9 Å². The van der Waals surface area contributed by atoms with Crippen LogP contribution in [0.1, 0.15) is 0 Å². The van der Waals surface area contributed by atoms with E-state index in [1.54, 1.807) is 0 Å². The van der Waals surface area contributed by atoms with Gasteiger partial charge in [0.25, 0.3) is 0 Å². The molecule has 12 heavy (non-hydrogen) atoms. The van der Waals surface area contributed by atoms with Crippen LogP contribution in [-0.2, 0) is 0 Å². The standard InChI is InChI=1S/C7H12S5/c1-6(2-8-1)10-5-11-12-7-3-9-4-7/h6-7H,1-5H2. The summed E-state index contributed by atoms with van der Waals surface area (Å²) in [6, 6.07) is 0. The Hall–Kier alpha value is 1.75. The molecule has 0 nitrogen and oxygen atoms in total. The SMILES string of the molecule is C(SSC1CSC1)SC1CSC1. The summed E-state index contributed by atoms with van der Waals surface area (Å²) in [7, 11) is 4.18. The molecule has 0 aromatic carbocycles. The first-order chi connectivity index (χ1) is 5.95. The summed E-state index contributed by atoms with van der Waals surface area (Å²) in [5.41, 5.74) is 0. The lowest BCUT2D eigenvalue weighted by atomic mass is 10.5. The van der Waals surface area contributed by atoms with Gasteiger partial charge in [0.2, 0.25) is 0 Å². The van der Waals surface area contributed by atoms with E-state index in [0.717, 1.165) is 10.5 Å². The highest BCUT2D eigenvalue weighted by Crippen LogP contribution is 2.40. The molecule has 5 heteroatoms. The Bertz CT molecular complexity index is 116. The fourth-order valence-electron chi connectivity index (χ4n) is 0.828. The van der Waals surface area contributed by atoms with Crippen molar-refractivity contribution in [2.24, 2.45) is 0 Å². The maximum atomic E-state index is 2.15. The van der Waals surface area contributed by atoms with Crippen molar-refractivity contribution in [3.05, 3.63) is 0 Å². The molecule has 0 aromatic heterocycles. The maximum Gasteiger partial charge on any atom is 0.0499 e. The molecule has 2 aliphatic rings. The van der Waals surface area contributed by atoms with Gasteiger partial charge in [-0.15, -0.1) is 11.8 Å². The Morgan fingerprint density at radius 1 is 1.00 bits per heavy atom. The van der Waals surface area contributed by atoms with Crippen molar-refractivity contribution in [1.29, 1.82) is 0 Å². The van der Waals surface area contributed by atoms with E-state index < -0.39 is 0 Å². The lowest BCUT2D eigenvalue weighted by Gasteiger charge is -2.25. The fraction of sp³-hybridized carbons (Fsp3) is 1.00. The summed E-state index contributed by atoms with van der Waals surface area (Å²) < 4.78 is 0. The Morgan fingerprint density at radius 2 is 1.67 bits per heavy atom. The van der Waals surface area contributed by atoms with Crippen LogP contribution in [0, 0.1) is 0 Å². The van der Waals surface area contributed by atoms with Gasteiger partial charge in [-0.25, -0.2) is 0 Å². The molecule has 2 heterocycles. The summed E-state index contributed by atoms with van der Waals surface area (Å²) in [5, 5.41) is 3.26. The third-order valence-electron chi connectivity index (χ3n) is 1.77. The van der Waals surface area contributed by atoms with Gasteiger partial charge in [-0.3, -0.25) is 0 Å². The molecule has 0 N–H and O–H groups in total. The summed E-state index contributed by atoms with van der Waals surface area (Å²) >= 11 is 6.32. The highest BCUT2D eigenvalue weighted by Gasteiger charge is 2.20. The van der Waals surface area contributed by atoms with Gasteiger partial charge in [0.05, 0.1) is 0 Å². The summed E-state index contributed by atoms with van der Waals surface area (Å²) in [5.74, 6) is 5.58. The predicted molar refractivity (Wildman–Crippen MR) is 69.9 cm³/mol. The molecular weight excluding hydrogens is 244 g/mol. The average Bonchev–Trinajstić information content (AvgIpc) is 1.88. The van der Waals surface area contributed by atoms with Crippen LogP contribution in [0.5, 0.6) is 0 Å². The molecule has 2 rings (SSSR count). The normalized spacial score (nSPS) is 25.0. The zero-order valence-corrected chi connectivity index (χ0v) is 10.8. The van der Waals surface area contributed by atoms with Gasteiger partial charge in [0, 0.05) is 38.6 Å². The van der Waals surface area contributed by atoms with Crippen LogP contribution in [0.15, 0.2) is 0 Å². The third-order valence-corrected chi connectivity index (χ3v) is 9.73. The molecule has 0 aliphatic carbocycles. The highest BCUT2D eigenvalue weighted by molar-refractivity contribution is 8.78. The molecule has 2 aliphatic heterocycles. The molecule has 0 radical (unpaired) electrons. The molecular formula is C7H12S5. The minimum atomic E-state index is 0.969. The van der Waals surface area contributed by atoms with Crippen molar-refractivity contribution in [2.45, 2.75) is 10.5 Å². The van der Waals surface area contributed by atoms with Crippen molar-refractivity contribution < 1.29 is 0 Å². The Kier molecular flexibility index (Phi) is 4.78. The van der Waals surface area contributed by atoms with E-state index in [4.69, 9.17) is 0 Å². The van der Waals surface area contributed by atoms with E-state index >= 15 is 0 Å². The zero-order chi connectivity index (χ0) is 8.23. The molecule has 0 atom stereocenters. The summed E-state index contributed by atoms with van der Waals surface area (Å²) in [6.45, 7) is 0. The average molecular weight is 257 g/mol. The van der Waals surface area contributed by atoms with Gasteiger partial charge < -0.3 is 0 Å². The second kappa shape index (κ2) is 5.59. The topological polar surface area (TPSA) is 0 Å². The number of hydrogen-bond acceptors (Lipinski definition) is 5. The minimum Gasteiger partial charge on any atom is -0.160 e. The van der Waals surface area contributed by atoms with Crippen LogP contribution in [0.3, 0.4) is 0 Å². The minimum absolute atomic E-state index is 0.969. The van der Waals surface area contributed by atoms with Crippen molar-refractivity contribution in [3.63, 3.8) is 0 Å². The predicted octanol–water partition coefficient (Wildman–Crippen LogP) is 3.29. The second-order valence-corrected chi connectivity index (χ2v) is 9.29. The van der Waals surface area contributed by atoms with Crippen LogP contribution in [0.25, 0.3) is 0 Å². The Balaban J connectivity index is 1.40. The first-order valence-corrected chi connectivity index (χ1v) is 9.74. The zero-order valence-electron chi connectivity index (χ0n) is 6.73. The van der Waals surface area contributed by atoms with Crippen molar-refractivity contribution >= 4 is 56.9 Å². The monoisotopic (exact) mass is 256 g/mol. The van der Waals surface area contributed by atoms with Gasteiger partial charge in [0.15, 0.2) is 0 Å². The van der Waals surface area contributed by atoms with E-state index in [9.17, 15) is 0 Å². The second-order valence-electron chi connectivity index (χ2n) is 2.82. The van der Waals surface area contributed by atoms with Crippen LogP contribution in [-0.4, -0.2) is 38.6 Å². The molecule has 70 valence electrons. The van der Waals surface area contributed by atoms with Gasteiger partial charge in [-0.2, -0.15) is 23.5 Å². The van der Waals surface area contributed by atoms with E-state index in [1.165, 1.54) is 28.1 Å². The molecule has 2 saturated heterocycles. The Morgan fingerprint density at radius 3 is 2.17 bits per heavy atom. The molecule has 0 bridgehead atoms. The van der Waals surface area contributed by atoms with Crippen LogP contribution in [0.2, 0.25) is 0 Å². The van der Waals surface area contributed by atoms with Crippen molar-refractivity contribution in [3.8, 4) is 0 Å². The van der Waals surface area contributed by atoms with E-state index in [1.807, 2.05) is 0 Å². The van der Waals surface area contributed by atoms with Crippen LogP contribution in [0.4, 0.5) is 0 Å². The van der Waals surface area contributed by atoms with E-state index in [-0.39, 0.29) is 0 Å². The van der Waals surface area contributed by atoms with Gasteiger partial charge in [0.1, 0.15) is 0 Å². The molecule has 0 saturated carbocycles. The van der Waals surface area contributed by atoms with Crippen molar-refractivity contribution in [1.82, 2.24) is 0 Å². The van der Waals surface area contributed by atoms with Gasteiger partial charge in [-0.1, -0.05) is 21.6 Å². The molecule has 0 aromatic rings. The van der Waals surface area contributed by atoms with Crippen LogP contribution >= 0.6 is 56.9 Å².